The third-order valence-electron chi connectivity index (χ3n) is 3.88. The number of rotatable bonds is 3. The molecule has 0 spiro atoms. The smallest absolute Gasteiger partial charge is 0.0414 e. The van der Waals surface area contributed by atoms with Crippen molar-refractivity contribution in [2.45, 2.75) is 26.3 Å². The van der Waals surface area contributed by atoms with Crippen molar-refractivity contribution in [2.75, 3.05) is 0 Å². The number of allylic oxidation sites excluding steroid dienone is 2. The second-order valence-corrected chi connectivity index (χ2v) is 5.77. The van der Waals surface area contributed by atoms with Crippen LogP contribution in [0.3, 0.4) is 0 Å². The Kier molecular flexibility index (Phi) is 3.92. The Morgan fingerprint density at radius 1 is 0.905 bits per heavy atom. The van der Waals surface area contributed by atoms with Crippen LogP contribution in [-0.2, 0) is 6.42 Å². The molecule has 1 unspecified atom stereocenters. The minimum absolute atomic E-state index is 0.426. The highest BCUT2D eigenvalue weighted by Gasteiger charge is 2.05. The zero-order valence-corrected chi connectivity index (χ0v) is 12.6. The average Bonchev–Trinajstić information content (AvgIpc) is 2.51. The molecular weight excluding hydrogens is 254 g/mol. The standard InChI is InChI=1S/C20H21N/c1-15-3-6-17(7-4-15)13-18-8-11-19(12-9-18)20-10-5-16(2)21-14-20/h3-12,14,16,21H,13H2,1-2H3. The van der Waals surface area contributed by atoms with Crippen LogP contribution < -0.4 is 5.32 Å². The summed E-state index contributed by atoms with van der Waals surface area (Å²) in [6, 6.07) is 18.1. The van der Waals surface area contributed by atoms with E-state index in [-0.39, 0.29) is 0 Å². The Labute approximate surface area is 127 Å². The second kappa shape index (κ2) is 6.01. The van der Waals surface area contributed by atoms with Gasteiger partial charge in [0, 0.05) is 12.2 Å². The van der Waals surface area contributed by atoms with Gasteiger partial charge in [0.15, 0.2) is 0 Å². The average molecular weight is 275 g/mol. The molecule has 1 aliphatic heterocycles. The number of aryl methyl sites for hydroxylation is 1. The fourth-order valence-electron chi connectivity index (χ4n) is 2.51. The lowest BCUT2D eigenvalue weighted by Gasteiger charge is -2.15. The molecule has 1 heterocycles. The van der Waals surface area contributed by atoms with Crippen molar-refractivity contribution in [3.63, 3.8) is 0 Å². The molecule has 1 nitrogen and oxygen atoms in total. The highest BCUT2D eigenvalue weighted by atomic mass is 14.9. The molecule has 2 aromatic rings. The predicted octanol–water partition coefficient (Wildman–Crippen LogP) is 4.47. The Morgan fingerprint density at radius 2 is 1.52 bits per heavy atom. The van der Waals surface area contributed by atoms with Crippen molar-refractivity contribution in [1.82, 2.24) is 5.32 Å². The van der Waals surface area contributed by atoms with Crippen molar-refractivity contribution in [2.24, 2.45) is 0 Å². The number of hydrogen-bond acceptors (Lipinski definition) is 1. The Morgan fingerprint density at radius 3 is 2.10 bits per heavy atom. The molecule has 1 atom stereocenters. The molecule has 2 aromatic carbocycles. The Balaban J connectivity index is 1.72. The van der Waals surface area contributed by atoms with Gasteiger partial charge in [0.25, 0.3) is 0 Å². The quantitative estimate of drug-likeness (QED) is 0.871. The van der Waals surface area contributed by atoms with E-state index in [1.165, 1.54) is 27.8 Å². The summed E-state index contributed by atoms with van der Waals surface area (Å²) in [4.78, 5) is 0. The lowest BCUT2D eigenvalue weighted by molar-refractivity contribution is 0.764. The summed E-state index contributed by atoms with van der Waals surface area (Å²) < 4.78 is 0. The van der Waals surface area contributed by atoms with Crippen LogP contribution in [0.25, 0.3) is 5.57 Å². The first kappa shape index (κ1) is 13.7. The maximum absolute atomic E-state index is 3.34. The van der Waals surface area contributed by atoms with Crippen LogP contribution in [0.2, 0.25) is 0 Å². The van der Waals surface area contributed by atoms with Gasteiger partial charge in [0.2, 0.25) is 0 Å². The van der Waals surface area contributed by atoms with E-state index < -0.39 is 0 Å². The molecule has 1 N–H and O–H groups in total. The van der Waals surface area contributed by atoms with E-state index in [4.69, 9.17) is 0 Å². The van der Waals surface area contributed by atoms with Crippen molar-refractivity contribution in [3.05, 3.63) is 89.1 Å². The normalized spacial score (nSPS) is 17.2. The Bertz CT molecular complexity index is 660. The van der Waals surface area contributed by atoms with Gasteiger partial charge in [-0.2, -0.15) is 0 Å². The van der Waals surface area contributed by atoms with Gasteiger partial charge in [-0.05, 0) is 42.5 Å². The van der Waals surface area contributed by atoms with Gasteiger partial charge in [0.1, 0.15) is 0 Å². The van der Waals surface area contributed by atoms with Crippen molar-refractivity contribution in [1.29, 1.82) is 0 Å². The van der Waals surface area contributed by atoms with E-state index in [2.05, 4.69) is 86.0 Å². The third-order valence-corrected chi connectivity index (χ3v) is 3.88. The summed E-state index contributed by atoms with van der Waals surface area (Å²) in [7, 11) is 0. The van der Waals surface area contributed by atoms with Crippen LogP contribution in [0.15, 0.2) is 66.9 Å². The van der Waals surface area contributed by atoms with Gasteiger partial charge in [-0.15, -0.1) is 0 Å². The summed E-state index contributed by atoms with van der Waals surface area (Å²) in [5.74, 6) is 0. The first-order valence-electron chi connectivity index (χ1n) is 7.50. The number of benzene rings is 2. The fraction of sp³-hybridized carbons (Fsp3) is 0.200. The molecule has 0 aromatic heterocycles. The van der Waals surface area contributed by atoms with Crippen LogP contribution >= 0.6 is 0 Å². The lowest BCUT2D eigenvalue weighted by Crippen LogP contribution is -2.20. The number of hydrogen-bond donors (Lipinski definition) is 1. The van der Waals surface area contributed by atoms with Crippen LogP contribution in [0.1, 0.15) is 29.2 Å². The molecule has 0 fully saturated rings. The van der Waals surface area contributed by atoms with E-state index in [0.717, 1.165) is 6.42 Å². The molecule has 0 saturated carbocycles. The topological polar surface area (TPSA) is 12.0 Å². The molecule has 0 saturated heterocycles. The molecule has 0 bridgehead atoms. The molecule has 3 rings (SSSR count). The largest absolute Gasteiger partial charge is 0.384 e. The summed E-state index contributed by atoms with van der Waals surface area (Å²) >= 11 is 0. The van der Waals surface area contributed by atoms with E-state index in [9.17, 15) is 0 Å². The molecule has 0 aliphatic carbocycles. The van der Waals surface area contributed by atoms with Gasteiger partial charge in [-0.3, -0.25) is 0 Å². The maximum atomic E-state index is 3.34. The van der Waals surface area contributed by atoms with E-state index >= 15 is 0 Å². The van der Waals surface area contributed by atoms with Crippen LogP contribution in [-0.4, -0.2) is 6.04 Å². The van der Waals surface area contributed by atoms with Crippen molar-refractivity contribution in [3.8, 4) is 0 Å². The van der Waals surface area contributed by atoms with Crippen LogP contribution in [0.5, 0.6) is 0 Å². The third kappa shape index (κ3) is 3.43. The fourth-order valence-corrected chi connectivity index (χ4v) is 2.51. The van der Waals surface area contributed by atoms with E-state index in [1.807, 2.05) is 0 Å². The monoisotopic (exact) mass is 275 g/mol. The first-order chi connectivity index (χ1) is 10.2. The maximum Gasteiger partial charge on any atom is 0.0414 e. The highest BCUT2D eigenvalue weighted by molar-refractivity contribution is 5.74. The van der Waals surface area contributed by atoms with Crippen LogP contribution in [0, 0.1) is 6.92 Å². The molecule has 0 radical (unpaired) electrons. The first-order valence-corrected chi connectivity index (χ1v) is 7.50. The SMILES string of the molecule is Cc1ccc(Cc2ccc(C3=CNC(C)C=C3)cc2)cc1. The van der Waals surface area contributed by atoms with Crippen molar-refractivity contribution < 1.29 is 0 Å². The summed E-state index contributed by atoms with van der Waals surface area (Å²) in [6.45, 7) is 4.27. The summed E-state index contributed by atoms with van der Waals surface area (Å²) in [6.07, 6.45) is 7.47. The molecule has 0 amide bonds. The van der Waals surface area contributed by atoms with E-state index in [0.29, 0.717) is 6.04 Å². The molecular formula is C20H21N. The highest BCUT2D eigenvalue weighted by Crippen LogP contribution is 2.20. The van der Waals surface area contributed by atoms with Gasteiger partial charge >= 0.3 is 0 Å². The Hall–Kier alpha value is -2.28. The minimum Gasteiger partial charge on any atom is -0.384 e. The zero-order chi connectivity index (χ0) is 14.7. The van der Waals surface area contributed by atoms with Gasteiger partial charge < -0.3 is 5.32 Å². The molecule has 21 heavy (non-hydrogen) atoms. The van der Waals surface area contributed by atoms with Crippen LogP contribution in [0.4, 0.5) is 0 Å². The lowest BCUT2D eigenvalue weighted by atomic mass is 9.99. The van der Waals surface area contributed by atoms with Gasteiger partial charge in [0.05, 0.1) is 0 Å². The molecule has 1 heteroatoms. The summed E-state index contributed by atoms with van der Waals surface area (Å²) in [5.41, 5.74) is 6.53. The second-order valence-electron chi connectivity index (χ2n) is 5.77. The van der Waals surface area contributed by atoms with Crippen molar-refractivity contribution >= 4 is 5.57 Å². The predicted molar refractivity (Wildman–Crippen MR) is 90.1 cm³/mol. The zero-order valence-electron chi connectivity index (χ0n) is 12.6. The minimum atomic E-state index is 0.426. The van der Waals surface area contributed by atoms with Gasteiger partial charge in [-0.1, -0.05) is 66.2 Å². The number of nitrogens with one attached hydrogen (secondary N) is 1. The molecule has 1 aliphatic rings. The molecule has 106 valence electrons. The van der Waals surface area contributed by atoms with Gasteiger partial charge in [-0.25, -0.2) is 0 Å². The summed E-state index contributed by atoms with van der Waals surface area (Å²) in [5, 5.41) is 3.34. The number of dihydropyridines is 1. The van der Waals surface area contributed by atoms with E-state index in [1.54, 1.807) is 0 Å².